The molecule has 3 rings (SSSR count). The topological polar surface area (TPSA) is 59.5 Å². The second-order valence-corrected chi connectivity index (χ2v) is 8.51. The number of ether oxygens (including phenoxy) is 1. The van der Waals surface area contributed by atoms with Crippen LogP contribution in [0.5, 0.6) is 0 Å². The molecule has 0 radical (unpaired) electrons. The van der Waals surface area contributed by atoms with Crippen LogP contribution >= 0.6 is 11.3 Å². The minimum Gasteiger partial charge on any atom is -0.378 e. The molecule has 2 unspecified atom stereocenters. The van der Waals surface area contributed by atoms with Crippen LogP contribution in [0.25, 0.3) is 10.2 Å². The molecule has 7 heteroatoms. The Labute approximate surface area is 128 Å². The van der Waals surface area contributed by atoms with Crippen LogP contribution in [-0.2, 0) is 14.8 Å². The van der Waals surface area contributed by atoms with Gasteiger partial charge in [-0.1, -0.05) is 0 Å². The van der Waals surface area contributed by atoms with E-state index >= 15 is 0 Å². The fraction of sp³-hybridized carbons (Fsp3) is 0.500. The summed E-state index contributed by atoms with van der Waals surface area (Å²) in [5.74, 6) is 0. The predicted octanol–water partition coefficient (Wildman–Crippen LogP) is 2.40. The first-order chi connectivity index (χ1) is 9.89. The van der Waals surface area contributed by atoms with Gasteiger partial charge in [-0.2, -0.15) is 4.31 Å². The van der Waals surface area contributed by atoms with E-state index < -0.39 is 10.0 Å². The van der Waals surface area contributed by atoms with Crippen molar-refractivity contribution in [1.29, 1.82) is 0 Å². The number of fused-ring (bicyclic) bond motifs is 1. The quantitative estimate of drug-likeness (QED) is 0.850. The summed E-state index contributed by atoms with van der Waals surface area (Å²) >= 11 is 1.51. The van der Waals surface area contributed by atoms with Crippen molar-refractivity contribution in [2.45, 2.75) is 37.8 Å². The van der Waals surface area contributed by atoms with Gasteiger partial charge in [-0.15, -0.1) is 11.3 Å². The normalized spacial score (nSPS) is 24.5. The highest BCUT2D eigenvalue weighted by Crippen LogP contribution is 2.29. The number of thiazole rings is 1. The standard InChI is InChI=1S/C14H18N2O3S2/c1-9-7-19-8-10(2)16(9)21(17,18)12-4-5-13-14(6-12)20-11(3)15-13/h4-6,9-10H,7-8H2,1-3H3. The van der Waals surface area contributed by atoms with Crippen LogP contribution in [0.3, 0.4) is 0 Å². The lowest BCUT2D eigenvalue weighted by Gasteiger charge is -2.37. The van der Waals surface area contributed by atoms with Gasteiger partial charge in [0.05, 0.1) is 33.3 Å². The SMILES string of the molecule is Cc1nc2ccc(S(=O)(=O)N3C(C)COCC3C)cc2s1. The van der Waals surface area contributed by atoms with E-state index in [-0.39, 0.29) is 12.1 Å². The largest absolute Gasteiger partial charge is 0.378 e. The summed E-state index contributed by atoms with van der Waals surface area (Å²) in [4.78, 5) is 4.70. The minimum absolute atomic E-state index is 0.155. The van der Waals surface area contributed by atoms with Crippen molar-refractivity contribution >= 4 is 31.6 Å². The number of hydrogen-bond donors (Lipinski definition) is 0. The summed E-state index contributed by atoms with van der Waals surface area (Å²) in [7, 11) is -3.51. The van der Waals surface area contributed by atoms with E-state index in [0.717, 1.165) is 15.2 Å². The highest BCUT2D eigenvalue weighted by molar-refractivity contribution is 7.89. The molecule has 1 saturated heterocycles. The molecule has 1 aliphatic heterocycles. The van der Waals surface area contributed by atoms with Gasteiger partial charge < -0.3 is 4.74 Å². The first-order valence-electron chi connectivity index (χ1n) is 6.88. The van der Waals surface area contributed by atoms with Crippen LogP contribution in [0.1, 0.15) is 18.9 Å². The Kier molecular flexibility index (Phi) is 3.77. The van der Waals surface area contributed by atoms with Gasteiger partial charge in [-0.05, 0) is 39.0 Å². The summed E-state index contributed by atoms with van der Waals surface area (Å²) in [5.41, 5.74) is 0.847. The van der Waals surface area contributed by atoms with Gasteiger partial charge in [0.2, 0.25) is 10.0 Å². The smallest absolute Gasteiger partial charge is 0.243 e. The number of rotatable bonds is 2. The third kappa shape index (κ3) is 2.59. The molecule has 0 saturated carbocycles. The number of aromatic nitrogens is 1. The minimum atomic E-state index is -3.51. The van der Waals surface area contributed by atoms with Crippen molar-refractivity contribution in [3.8, 4) is 0 Å². The number of nitrogens with zero attached hydrogens (tertiary/aromatic N) is 2. The molecule has 2 aromatic rings. The molecule has 21 heavy (non-hydrogen) atoms. The van der Waals surface area contributed by atoms with E-state index in [1.54, 1.807) is 22.5 Å². The molecular weight excluding hydrogens is 308 g/mol. The first-order valence-corrected chi connectivity index (χ1v) is 9.14. The van der Waals surface area contributed by atoms with Crippen LogP contribution in [0.2, 0.25) is 0 Å². The lowest BCUT2D eigenvalue weighted by molar-refractivity contribution is 0.00636. The Bertz CT molecular complexity index is 760. The zero-order valence-electron chi connectivity index (χ0n) is 12.2. The molecule has 0 N–H and O–H groups in total. The zero-order chi connectivity index (χ0) is 15.2. The van der Waals surface area contributed by atoms with Crippen molar-refractivity contribution in [1.82, 2.24) is 9.29 Å². The van der Waals surface area contributed by atoms with Crippen LogP contribution in [0.15, 0.2) is 23.1 Å². The molecule has 0 spiro atoms. The first kappa shape index (κ1) is 14.9. The number of hydrogen-bond acceptors (Lipinski definition) is 5. The number of aryl methyl sites for hydroxylation is 1. The maximum Gasteiger partial charge on any atom is 0.243 e. The van der Waals surface area contributed by atoms with E-state index in [9.17, 15) is 8.42 Å². The molecule has 1 aromatic heterocycles. The van der Waals surface area contributed by atoms with E-state index in [0.29, 0.717) is 18.1 Å². The second kappa shape index (κ2) is 5.31. The van der Waals surface area contributed by atoms with E-state index in [1.165, 1.54) is 11.3 Å². The molecule has 0 bridgehead atoms. The Morgan fingerprint density at radius 1 is 1.29 bits per heavy atom. The van der Waals surface area contributed by atoms with Gasteiger partial charge in [-0.25, -0.2) is 13.4 Å². The highest BCUT2D eigenvalue weighted by Gasteiger charge is 2.36. The van der Waals surface area contributed by atoms with Crippen molar-refractivity contribution < 1.29 is 13.2 Å². The molecular formula is C14H18N2O3S2. The van der Waals surface area contributed by atoms with Gasteiger partial charge in [0.1, 0.15) is 0 Å². The summed E-state index contributed by atoms with van der Waals surface area (Å²) < 4.78 is 33.7. The summed E-state index contributed by atoms with van der Waals surface area (Å²) in [6.45, 7) is 6.55. The van der Waals surface area contributed by atoms with E-state index in [1.807, 2.05) is 20.8 Å². The second-order valence-electron chi connectivity index (χ2n) is 5.43. The Morgan fingerprint density at radius 3 is 2.62 bits per heavy atom. The van der Waals surface area contributed by atoms with Crippen molar-refractivity contribution in [2.24, 2.45) is 0 Å². The van der Waals surface area contributed by atoms with Crippen LogP contribution in [0, 0.1) is 6.92 Å². The fourth-order valence-electron chi connectivity index (χ4n) is 2.77. The van der Waals surface area contributed by atoms with Gasteiger partial charge >= 0.3 is 0 Å². The van der Waals surface area contributed by atoms with E-state index in [2.05, 4.69) is 4.98 Å². The summed E-state index contributed by atoms with van der Waals surface area (Å²) in [6, 6.07) is 4.84. The maximum atomic E-state index is 12.9. The molecule has 1 aliphatic rings. The maximum absolute atomic E-state index is 12.9. The van der Waals surface area contributed by atoms with Gasteiger partial charge in [0.15, 0.2) is 0 Å². The zero-order valence-corrected chi connectivity index (χ0v) is 13.9. The van der Waals surface area contributed by atoms with Gasteiger partial charge in [-0.3, -0.25) is 0 Å². The number of morpholine rings is 1. The number of benzene rings is 1. The lowest BCUT2D eigenvalue weighted by atomic mass is 10.2. The number of sulfonamides is 1. The van der Waals surface area contributed by atoms with Crippen LogP contribution < -0.4 is 0 Å². The Hall–Kier alpha value is -1.02. The predicted molar refractivity (Wildman–Crippen MR) is 83.1 cm³/mol. The van der Waals surface area contributed by atoms with E-state index in [4.69, 9.17) is 4.74 Å². The molecule has 2 atom stereocenters. The van der Waals surface area contributed by atoms with Gasteiger partial charge in [0, 0.05) is 12.1 Å². The Balaban J connectivity index is 2.06. The lowest BCUT2D eigenvalue weighted by Crippen LogP contribution is -2.52. The molecule has 0 aliphatic carbocycles. The van der Waals surface area contributed by atoms with Crippen molar-refractivity contribution in [3.63, 3.8) is 0 Å². The molecule has 114 valence electrons. The Morgan fingerprint density at radius 2 is 1.95 bits per heavy atom. The molecule has 0 amide bonds. The molecule has 1 aromatic carbocycles. The summed E-state index contributed by atoms with van der Waals surface area (Å²) in [5, 5.41) is 0.938. The van der Waals surface area contributed by atoms with Crippen molar-refractivity contribution in [2.75, 3.05) is 13.2 Å². The average Bonchev–Trinajstić information content (AvgIpc) is 2.77. The average molecular weight is 326 g/mol. The van der Waals surface area contributed by atoms with Crippen LogP contribution in [-0.4, -0.2) is 43.0 Å². The van der Waals surface area contributed by atoms with Crippen molar-refractivity contribution in [3.05, 3.63) is 23.2 Å². The highest BCUT2D eigenvalue weighted by atomic mass is 32.2. The van der Waals surface area contributed by atoms with Gasteiger partial charge in [0.25, 0.3) is 0 Å². The molecule has 5 nitrogen and oxygen atoms in total. The third-order valence-corrected chi connectivity index (χ3v) is 6.69. The molecule has 2 heterocycles. The van der Waals surface area contributed by atoms with Crippen LogP contribution in [0.4, 0.5) is 0 Å². The monoisotopic (exact) mass is 326 g/mol. The third-order valence-electron chi connectivity index (χ3n) is 3.63. The molecule has 1 fully saturated rings. The summed E-state index contributed by atoms with van der Waals surface area (Å²) in [6.07, 6.45) is 0. The fourth-order valence-corrected chi connectivity index (χ4v) is 5.53.